The Morgan fingerprint density at radius 2 is 2.31 bits per heavy atom. The van der Waals surface area contributed by atoms with E-state index in [1.54, 1.807) is 23.7 Å². The van der Waals surface area contributed by atoms with Crippen LogP contribution >= 0.6 is 0 Å². The van der Waals surface area contributed by atoms with Gasteiger partial charge >= 0.3 is 0 Å². The smallest absolute Gasteiger partial charge is 0.223 e. The number of rotatable bonds is 6. The molecule has 0 aliphatic carbocycles. The summed E-state index contributed by atoms with van der Waals surface area (Å²) >= 11 is 0. The number of nitrogens with zero attached hydrogens (tertiary/aromatic N) is 4. The largest absolute Gasteiger partial charge is 0.349 e. The zero-order valence-corrected chi connectivity index (χ0v) is 9.89. The van der Waals surface area contributed by atoms with E-state index in [1.165, 1.54) is 0 Å². The highest BCUT2D eigenvalue weighted by molar-refractivity contribution is 5.75. The normalized spacial score (nSPS) is 10.4. The van der Waals surface area contributed by atoms with Gasteiger partial charge in [-0.1, -0.05) is 5.21 Å². The van der Waals surface area contributed by atoms with Crippen LogP contribution in [0.25, 0.3) is 0 Å². The molecule has 2 N–H and O–H groups in total. The fraction of sp³-hybridized carbons (Fsp3) is 0.700. The van der Waals surface area contributed by atoms with Gasteiger partial charge in [0.25, 0.3) is 0 Å². The molecule has 16 heavy (non-hydrogen) atoms. The first-order chi connectivity index (χ1) is 7.63. The topological polar surface area (TPSA) is 77.0 Å². The molecule has 0 saturated heterocycles. The SMILES string of the molecule is CN(C)C(=O)CCn1cc(CCCN)nn1. The van der Waals surface area contributed by atoms with Crippen molar-refractivity contribution in [2.24, 2.45) is 5.73 Å². The predicted octanol–water partition coefficient (Wildman–Crippen LogP) is -0.352. The molecule has 0 radical (unpaired) electrons. The van der Waals surface area contributed by atoms with E-state index in [0.29, 0.717) is 19.5 Å². The van der Waals surface area contributed by atoms with Crippen LogP contribution in [0.4, 0.5) is 0 Å². The molecule has 0 atom stereocenters. The molecule has 0 saturated carbocycles. The second kappa shape index (κ2) is 6.22. The summed E-state index contributed by atoms with van der Waals surface area (Å²) in [6.07, 6.45) is 4.08. The first-order valence-electron chi connectivity index (χ1n) is 5.42. The van der Waals surface area contributed by atoms with Crippen molar-refractivity contribution >= 4 is 5.91 Å². The number of nitrogens with two attached hydrogens (primary N) is 1. The van der Waals surface area contributed by atoms with E-state index in [2.05, 4.69) is 10.3 Å². The van der Waals surface area contributed by atoms with Gasteiger partial charge in [0.2, 0.25) is 5.91 Å². The van der Waals surface area contributed by atoms with Crippen LogP contribution < -0.4 is 5.73 Å². The molecule has 0 fully saturated rings. The highest BCUT2D eigenvalue weighted by Crippen LogP contribution is 1.99. The van der Waals surface area contributed by atoms with Crippen molar-refractivity contribution in [2.75, 3.05) is 20.6 Å². The Labute approximate surface area is 95.4 Å². The summed E-state index contributed by atoms with van der Waals surface area (Å²) < 4.78 is 1.70. The zero-order valence-electron chi connectivity index (χ0n) is 9.89. The fourth-order valence-corrected chi connectivity index (χ4v) is 1.28. The van der Waals surface area contributed by atoms with Crippen molar-refractivity contribution in [1.82, 2.24) is 19.9 Å². The molecule has 6 heteroatoms. The van der Waals surface area contributed by atoms with Crippen LogP contribution in [0.15, 0.2) is 6.20 Å². The molecule has 1 rings (SSSR count). The lowest BCUT2D eigenvalue weighted by Gasteiger charge is -2.09. The predicted molar refractivity (Wildman–Crippen MR) is 60.7 cm³/mol. The number of aryl methyl sites for hydroxylation is 2. The van der Waals surface area contributed by atoms with E-state index in [1.807, 2.05) is 6.20 Å². The van der Waals surface area contributed by atoms with E-state index < -0.39 is 0 Å². The summed E-state index contributed by atoms with van der Waals surface area (Å²) in [6, 6.07) is 0. The van der Waals surface area contributed by atoms with Crippen LogP contribution in [-0.2, 0) is 17.8 Å². The second-order valence-corrected chi connectivity index (χ2v) is 3.90. The maximum Gasteiger partial charge on any atom is 0.223 e. The molecule has 6 nitrogen and oxygen atoms in total. The van der Waals surface area contributed by atoms with Gasteiger partial charge in [-0.05, 0) is 19.4 Å². The lowest BCUT2D eigenvalue weighted by molar-refractivity contribution is -0.128. The Morgan fingerprint density at radius 1 is 1.56 bits per heavy atom. The first kappa shape index (κ1) is 12.6. The molecule has 0 aliphatic rings. The van der Waals surface area contributed by atoms with E-state index in [0.717, 1.165) is 18.5 Å². The third-order valence-electron chi connectivity index (χ3n) is 2.28. The highest BCUT2D eigenvalue weighted by Gasteiger charge is 2.05. The Balaban J connectivity index is 2.37. The molecular formula is C10H19N5O. The van der Waals surface area contributed by atoms with Crippen molar-refractivity contribution in [3.63, 3.8) is 0 Å². The van der Waals surface area contributed by atoms with Crippen molar-refractivity contribution in [1.29, 1.82) is 0 Å². The Hall–Kier alpha value is -1.43. The third-order valence-corrected chi connectivity index (χ3v) is 2.28. The number of hydrogen-bond donors (Lipinski definition) is 1. The van der Waals surface area contributed by atoms with Crippen LogP contribution in [-0.4, -0.2) is 46.4 Å². The summed E-state index contributed by atoms with van der Waals surface area (Å²) in [7, 11) is 3.49. The average Bonchev–Trinajstić information content (AvgIpc) is 2.70. The van der Waals surface area contributed by atoms with Crippen LogP contribution in [0.2, 0.25) is 0 Å². The van der Waals surface area contributed by atoms with Crippen LogP contribution in [0.1, 0.15) is 18.5 Å². The van der Waals surface area contributed by atoms with E-state index in [4.69, 9.17) is 5.73 Å². The fourth-order valence-electron chi connectivity index (χ4n) is 1.28. The molecular weight excluding hydrogens is 206 g/mol. The minimum atomic E-state index is 0.0963. The monoisotopic (exact) mass is 225 g/mol. The summed E-state index contributed by atoms with van der Waals surface area (Å²) in [5, 5.41) is 7.96. The average molecular weight is 225 g/mol. The van der Waals surface area contributed by atoms with Crippen molar-refractivity contribution in [3.05, 3.63) is 11.9 Å². The summed E-state index contributed by atoms with van der Waals surface area (Å²) in [5.41, 5.74) is 6.34. The van der Waals surface area contributed by atoms with Gasteiger partial charge in [-0.3, -0.25) is 9.48 Å². The van der Waals surface area contributed by atoms with Gasteiger partial charge in [0.15, 0.2) is 0 Å². The third kappa shape index (κ3) is 3.98. The number of carbonyl (C=O) groups is 1. The highest BCUT2D eigenvalue weighted by atomic mass is 16.2. The number of aromatic nitrogens is 3. The number of amides is 1. The molecule has 1 aromatic heterocycles. The van der Waals surface area contributed by atoms with Crippen molar-refractivity contribution in [3.8, 4) is 0 Å². The van der Waals surface area contributed by atoms with Gasteiger partial charge in [-0.2, -0.15) is 0 Å². The van der Waals surface area contributed by atoms with Gasteiger partial charge < -0.3 is 10.6 Å². The molecule has 0 aliphatic heterocycles. The second-order valence-electron chi connectivity index (χ2n) is 3.90. The molecule has 1 heterocycles. The van der Waals surface area contributed by atoms with Crippen LogP contribution in [0.5, 0.6) is 0 Å². The summed E-state index contributed by atoms with van der Waals surface area (Å²) in [5.74, 6) is 0.0963. The Kier molecular flexibility index (Phi) is 4.91. The van der Waals surface area contributed by atoms with E-state index in [9.17, 15) is 4.79 Å². The maximum absolute atomic E-state index is 11.3. The molecule has 1 aromatic rings. The van der Waals surface area contributed by atoms with E-state index in [-0.39, 0.29) is 5.91 Å². The van der Waals surface area contributed by atoms with Crippen LogP contribution in [0.3, 0.4) is 0 Å². The molecule has 0 unspecified atom stereocenters. The number of hydrogen-bond acceptors (Lipinski definition) is 4. The van der Waals surface area contributed by atoms with Gasteiger partial charge in [-0.15, -0.1) is 5.10 Å². The molecule has 90 valence electrons. The van der Waals surface area contributed by atoms with E-state index >= 15 is 0 Å². The Bertz CT molecular complexity index is 334. The molecule has 0 bridgehead atoms. The minimum Gasteiger partial charge on any atom is -0.349 e. The van der Waals surface area contributed by atoms with Gasteiger partial charge in [0.1, 0.15) is 0 Å². The maximum atomic E-state index is 11.3. The lowest BCUT2D eigenvalue weighted by atomic mass is 10.2. The van der Waals surface area contributed by atoms with Crippen LogP contribution in [0, 0.1) is 0 Å². The van der Waals surface area contributed by atoms with Gasteiger partial charge in [0.05, 0.1) is 12.2 Å². The van der Waals surface area contributed by atoms with Crippen molar-refractivity contribution in [2.45, 2.75) is 25.8 Å². The summed E-state index contributed by atoms with van der Waals surface area (Å²) in [4.78, 5) is 12.9. The number of carbonyl (C=O) groups excluding carboxylic acids is 1. The first-order valence-corrected chi connectivity index (χ1v) is 5.42. The molecule has 1 amide bonds. The molecule has 0 aromatic carbocycles. The van der Waals surface area contributed by atoms with Crippen molar-refractivity contribution < 1.29 is 4.79 Å². The Morgan fingerprint density at radius 3 is 2.94 bits per heavy atom. The molecule has 0 spiro atoms. The standard InChI is InChI=1S/C10H19N5O/c1-14(2)10(16)5-7-15-8-9(12-13-15)4-3-6-11/h8H,3-7,11H2,1-2H3. The quantitative estimate of drug-likeness (QED) is 0.717. The minimum absolute atomic E-state index is 0.0963. The van der Waals surface area contributed by atoms with Gasteiger partial charge in [0, 0.05) is 26.7 Å². The zero-order chi connectivity index (χ0) is 12.0. The lowest BCUT2D eigenvalue weighted by Crippen LogP contribution is -2.22. The van der Waals surface area contributed by atoms with Gasteiger partial charge in [-0.25, -0.2) is 0 Å². The summed E-state index contributed by atoms with van der Waals surface area (Å²) in [6.45, 7) is 1.23.